The largest absolute Gasteiger partial charge is 0.479 e. The molecule has 0 saturated heterocycles. The number of carboxylic acid groups (broad SMARTS) is 1. The predicted molar refractivity (Wildman–Crippen MR) is 60.0 cm³/mol. The zero-order valence-electron chi connectivity index (χ0n) is 9.90. The number of hydrogen-bond donors (Lipinski definition) is 1. The van der Waals surface area contributed by atoms with Crippen molar-refractivity contribution < 1.29 is 19.1 Å². The van der Waals surface area contributed by atoms with E-state index in [0.29, 0.717) is 5.56 Å². The molecule has 0 bridgehead atoms. The van der Waals surface area contributed by atoms with Gasteiger partial charge >= 0.3 is 5.97 Å². The molecule has 1 aromatic rings. The number of nitrogens with zero attached hydrogens (tertiary/aromatic N) is 1. The van der Waals surface area contributed by atoms with Gasteiger partial charge < -0.3 is 10.0 Å². The quantitative estimate of drug-likeness (QED) is 0.874. The molecule has 1 unspecified atom stereocenters. The number of benzene rings is 1. The van der Waals surface area contributed by atoms with E-state index in [1.54, 1.807) is 6.92 Å². The molecule has 1 N–H and O–H groups in total. The second-order valence-corrected chi connectivity index (χ2v) is 3.87. The zero-order valence-corrected chi connectivity index (χ0v) is 9.90. The molecular weight excluding hydrogens is 225 g/mol. The highest BCUT2D eigenvalue weighted by atomic mass is 19.1. The van der Waals surface area contributed by atoms with E-state index in [-0.39, 0.29) is 11.5 Å². The standard InChI is InChI=1S/C12H14FNO3/c1-7-4-5-9(13)6-10(7)11(12(16)17)14(3)8(2)15/h4-6,11H,1-3H3,(H,16,17). The maximum absolute atomic E-state index is 13.1. The lowest BCUT2D eigenvalue weighted by atomic mass is 10.00. The maximum atomic E-state index is 13.1. The molecule has 0 aliphatic rings. The highest BCUT2D eigenvalue weighted by Gasteiger charge is 2.28. The average molecular weight is 239 g/mol. The molecule has 0 saturated carbocycles. The molecule has 1 atom stereocenters. The van der Waals surface area contributed by atoms with Crippen LogP contribution in [0.25, 0.3) is 0 Å². The number of rotatable bonds is 3. The second kappa shape index (κ2) is 4.95. The van der Waals surface area contributed by atoms with Crippen molar-refractivity contribution in [1.82, 2.24) is 4.90 Å². The van der Waals surface area contributed by atoms with Crippen molar-refractivity contribution in [3.63, 3.8) is 0 Å². The van der Waals surface area contributed by atoms with E-state index in [4.69, 9.17) is 5.11 Å². The first-order chi connectivity index (χ1) is 7.84. The van der Waals surface area contributed by atoms with E-state index in [1.165, 1.54) is 26.1 Å². The molecule has 0 aliphatic carbocycles. The van der Waals surface area contributed by atoms with Crippen LogP contribution < -0.4 is 0 Å². The van der Waals surface area contributed by atoms with Crippen molar-refractivity contribution >= 4 is 11.9 Å². The van der Waals surface area contributed by atoms with Gasteiger partial charge in [0.25, 0.3) is 0 Å². The van der Waals surface area contributed by atoms with E-state index >= 15 is 0 Å². The molecule has 1 rings (SSSR count). The Hall–Kier alpha value is -1.91. The van der Waals surface area contributed by atoms with Crippen molar-refractivity contribution in [3.8, 4) is 0 Å². The van der Waals surface area contributed by atoms with E-state index in [9.17, 15) is 14.0 Å². The van der Waals surface area contributed by atoms with E-state index in [2.05, 4.69) is 0 Å². The lowest BCUT2D eigenvalue weighted by molar-refractivity contribution is -0.148. The first-order valence-electron chi connectivity index (χ1n) is 5.07. The molecule has 4 nitrogen and oxygen atoms in total. The Morgan fingerprint density at radius 2 is 2.00 bits per heavy atom. The summed E-state index contributed by atoms with van der Waals surface area (Å²) in [5.74, 6) is -2.09. The zero-order chi connectivity index (χ0) is 13.2. The molecule has 0 heterocycles. The molecule has 0 aromatic heterocycles. The first kappa shape index (κ1) is 13.2. The lowest BCUT2D eigenvalue weighted by Crippen LogP contribution is -2.34. The smallest absolute Gasteiger partial charge is 0.331 e. The van der Waals surface area contributed by atoms with Gasteiger partial charge in [-0.1, -0.05) is 6.07 Å². The van der Waals surface area contributed by atoms with Gasteiger partial charge in [-0.3, -0.25) is 4.79 Å². The predicted octanol–water partition coefficient (Wildman–Crippen LogP) is 1.74. The maximum Gasteiger partial charge on any atom is 0.331 e. The van der Waals surface area contributed by atoms with Crippen LogP contribution in [0.1, 0.15) is 24.1 Å². The summed E-state index contributed by atoms with van der Waals surface area (Å²) in [5, 5.41) is 9.14. The van der Waals surface area contributed by atoms with Crippen molar-refractivity contribution in [2.75, 3.05) is 7.05 Å². The van der Waals surface area contributed by atoms with Crippen LogP contribution >= 0.6 is 0 Å². The summed E-state index contributed by atoms with van der Waals surface area (Å²) in [6.45, 7) is 2.95. The molecule has 0 aliphatic heterocycles. The minimum atomic E-state index is -1.18. The van der Waals surface area contributed by atoms with E-state index in [0.717, 1.165) is 11.0 Å². The number of carbonyl (C=O) groups excluding carboxylic acids is 1. The second-order valence-electron chi connectivity index (χ2n) is 3.87. The number of hydrogen-bond acceptors (Lipinski definition) is 2. The molecule has 1 amide bonds. The van der Waals surface area contributed by atoms with Gasteiger partial charge in [0.2, 0.25) is 5.91 Å². The lowest BCUT2D eigenvalue weighted by Gasteiger charge is -2.25. The monoisotopic (exact) mass is 239 g/mol. The molecule has 92 valence electrons. The van der Waals surface area contributed by atoms with Gasteiger partial charge in [-0.15, -0.1) is 0 Å². The molecule has 17 heavy (non-hydrogen) atoms. The molecule has 1 aromatic carbocycles. The van der Waals surface area contributed by atoms with Gasteiger partial charge in [-0.25, -0.2) is 9.18 Å². The van der Waals surface area contributed by atoms with Gasteiger partial charge in [0.1, 0.15) is 5.82 Å². The summed E-state index contributed by atoms with van der Waals surface area (Å²) < 4.78 is 13.1. The van der Waals surface area contributed by atoms with Crippen molar-refractivity contribution in [2.45, 2.75) is 19.9 Å². The summed E-state index contributed by atoms with van der Waals surface area (Å²) in [4.78, 5) is 23.5. The van der Waals surface area contributed by atoms with Crippen LogP contribution in [0, 0.1) is 12.7 Å². The summed E-state index contributed by atoms with van der Waals surface area (Å²) in [6.07, 6.45) is 0. The Balaban J connectivity index is 3.27. The number of carboxylic acids is 1. The van der Waals surface area contributed by atoms with Crippen LogP contribution in [0.3, 0.4) is 0 Å². The minimum absolute atomic E-state index is 0.287. The minimum Gasteiger partial charge on any atom is -0.479 e. The van der Waals surface area contributed by atoms with Crippen LogP contribution in [0.15, 0.2) is 18.2 Å². The normalized spacial score (nSPS) is 12.0. The third kappa shape index (κ3) is 2.81. The van der Waals surface area contributed by atoms with Gasteiger partial charge in [0.15, 0.2) is 6.04 Å². The van der Waals surface area contributed by atoms with Gasteiger partial charge in [0.05, 0.1) is 0 Å². The number of likely N-dealkylation sites (N-methyl/N-ethyl adjacent to an activating group) is 1. The highest BCUT2D eigenvalue weighted by molar-refractivity contribution is 5.83. The average Bonchev–Trinajstić information content (AvgIpc) is 2.22. The molecular formula is C12H14FNO3. The SMILES string of the molecule is CC(=O)N(C)C(C(=O)O)c1cc(F)ccc1C. The van der Waals surface area contributed by atoms with Crippen LogP contribution in [0.4, 0.5) is 4.39 Å². The Labute approximate surface area is 98.7 Å². The van der Waals surface area contributed by atoms with Crippen molar-refractivity contribution in [1.29, 1.82) is 0 Å². The first-order valence-corrected chi connectivity index (χ1v) is 5.07. The van der Waals surface area contributed by atoms with E-state index < -0.39 is 17.8 Å². The van der Waals surface area contributed by atoms with Gasteiger partial charge in [-0.2, -0.15) is 0 Å². The number of aryl methyl sites for hydroxylation is 1. The summed E-state index contributed by atoms with van der Waals surface area (Å²) in [7, 11) is 1.38. The third-order valence-corrected chi connectivity index (χ3v) is 2.65. The molecule has 0 fully saturated rings. The van der Waals surface area contributed by atoms with Crippen molar-refractivity contribution in [2.24, 2.45) is 0 Å². The van der Waals surface area contributed by atoms with Crippen LogP contribution in [-0.4, -0.2) is 28.9 Å². The Morgan fingerprint density at radius 3 is 2.47 bits per heavy atom. The number of aliphatic carboxylic acids is 1. The van der Waals surface area contributed by atoms with Gasteiger partial charge in [0, 0.05) is 14.0 Å². The summed E-state index contributed by atoms with van der Waals surface area (Å²) in [6, 6.07) is 2.73. The fourth-order valence-electron chi connectivity index (χ4n) is 1.60. The van der Waals surface area contributed by atoms with E-state index in [1.807, 2.05) is 0 Å². The van der Waals surface area contributed by atoms with Gasteiger partial charge in [-0.05, 0) is 30.2 Å². The van der Waals surface area contributed by atoms with Crippen molar-refractivity contribution in [3.05, 3.63) is 35.1 Å². The number of amides is 1. The molecule has 0 spiro atoms. The highest BCUT2D eigenvalue weighted by Crippen LogP contribution is 2.24. The summed E-state index contributed by atoms with van der Waals surface area (Å²) >= 11 is 0. The topological polar surface area (TPSA) is 57.6 Å². The third-order valence-electron chi connectivity index (χ3n) is 2.65. The molecule has 5 heteroatoms. The Kier molecular flexibility index (Phi) is 3.83. The Bertz CT molecular complexity index is 459. The fourth-order valence-corrected chi connectivity index (χ4v) is 1.60. The summed E-state index contributed by atoms with van der Waals surface area (Å²) in [5.41, 5.74) is 0.919. The van der Waals surface area contributed by atoms with Crippen LogP contribution in [-0.2, 0) is 9.59 Å². The number of halogens is 1. The van der Waals surface area contributed by atoms with Crippen LogP contribution in [0.2, 0.25) is 0 Å². The van der Waals surface area contributed by atoms with Crippen LogP contribution in [0.5, 0.6) is 0 Å². The molecule has 0 radical (unpaired) electrons. The Morgan fingerprint density at radius 1 is 1.41 bits per heavy atom. The number of carbonyl (C=O) groups is 2. The fraction of sp³-hybridized carbons (Fsp3) is 0.333.